The molecular weight excluding hydrogens is 192 g/mol. The van der Waals surface area contributed by atoms with Gasteiger partial charge < -0.3 is 10.5 Å². The molecule has 4 heteroatoms. The molecule has 1 atom stereocenters. The minimum Gasteiger partial charge on any atom is -0.398 e. The Hall–Kier alpha value is -1.42. The van der Waals surface area contributed by atoms with Crippen LogP contribution in [0, 0.1) is 0 Å². The van der Waals surface area contributed by atoms with Gasteiger partial charge in [0.05, 0.1) is 5.56 Å². The number of carbonyl (C=O) groups excluding carboxylic acids is 1. The van der Waals surface area contributed by atoms with Crippen molar-refractivity contribution in [2.24, 2.45) is 0 Å². The number of hydrogen-bond acceptors (Lipinski definition) is 4. The summed E-state index contributed by atoms with van der Waals surface area (Å²) in [7, 11) is 0. The van der Waals surface area contributed by atoms with Crippen molar-refractivity contribution in [1.82, 2.24) is 4.98 Å². The predicted octanol–water partition coefficient (Wildman–Crippen LogP) is 1.66. The summed E-state index contributed by atoms with van der Waals surface area (Å²) < 4.78 is 5.33. The fourth-order valence-electron chi connectivity index (χ4n) is 1.36. The summed E-state index contributed by atoms with van der Waals surface area (Å²) in [6.07, 6.45) is 3.27. The van der Waals surface area contributed by atoms with Gasteiger partial charge >= 0.3 is 0 Å². The molecule has 0 aliphatic carbocycles. The number of anilines is 1. The van der Waals surface area contributed by atoms with Crippen molar-refractivity contribution in [3.8, 4) is 0 Å². The fraction of sp³-hybridized carbons (Fsp3) is 0.455. The molecule has 15 heavy (non-hydrogen) atoms. The van der Waals surface area contributed by atoms with Crippen LogP contribution in [0.25, 0.3) is 0 Å². The third kappa shape index (κ3) is 2.76. The first-order valence-corrected chi connectivity index (χ1v) is 5.06. The van der Waals surface area contributed by atoms with E-state index in [2.05, 4.69) is 4.98 Å². The summed E-state index contributed by atoms with van der Waals surface area (Å²) >= 11 is 0. The summed E-state index contributed by atoms with van der Waals surface area (Å²) in [5, 5.41) is 0. The Morgan fingerprint density at radius 1 is 1.60 bits per heavy atom. The first kappa shape index (κ1) is 11.7. The zero-order chi connectivity index (χ0) is 11.3. The number of hydrogen-bond donors (Lipinski definition) is 1. The molecule has 0 bridgehead atoms. The van der Waals surface area contributed by atoms with Crippen LogP contribution in [0.5, 0.6) is 0 Å². The van der Waals surface area contributed by atoms with E-state index in [-0.39, 0.29) is 5.78 Å². The highest BCUT2D eigenvalue weighted by Crippen LogP contribution is 2.14. The van der Waals surface area contributed by atoms with E-state index in [0.29, 0.717) is 24.3 Å². The first-order chi connectivity index (χ1) is 7.20. The lowest BCUT2D eigenvalue weighted by atomic mass is 10.0. The van der Waals surface area contributed by atoms with Gasteiger partial charge in [-0.1, -0.05) is 6.92 Å². The second kappa shape index (κ2) is 5.46. The van der Waals surface area contributed by atoms with Crippen molar-refractivity contribution in [2.45, 2.75) is 26.4 Å². The van der Waals surface area contributed by atoms with Gasteiger partial charge in [0.15, 0.2) is 5.78 Å². The zero-order valence-corrected chi connectivity index (χ0v) is 9.06. The molecule has 1 aromatic heterocycles. The Bertz CT molecular complexity index is 339. The van der Waals surface area contributed by atoms with E-state index in [1.807, 2.05) is 13.8 Å². The maximum atomic E-state index is 11.9. The molecule has 1 rings (SSSR count). The highest BCUT2D eigenvalue weighted by atomic mass is 16.5. The molecule has 0 saturated carbocycles. The van der Waals surface area contributed by atoms with E-state index in [9.17, 15) is 4.79 Å². The van der Waals surface area contributed by atoms with E-state index in [1.165, 1.54) is 6.20 Å². The third-order valence-corrected chi connectivity index (χ3v) is 2.15. The summed E-state index contributed by atoms with van der Waals surface area (Å²) in [6.45, 7) is 4.29. The predicted molar refractivity (Wildman–Crippen MR) is 58.7 cm³/mol. The van der Waals surface area contributed by atoms with Crippen LogP contribution in [0.2, 0.25) is 0 Å². The Morgan fingerprint density at radius 2 is 2.33 bits per heavy atom. The summed E-state index contributed by atoms with van der Waals surface area (Å²) in [4.78, 5) is 15.8. The Kier molecular flexibility index (Phi) is 4.24. The van der Waals surface area contributed by atoms with Crippen molar-refractivity contribution in [1.29, 1.82) is 0 Å². The van der Waals surface area contributed by atoms with Crippen molar-refractivity contribution in [3.05, 3.63) is 24.0 Å². The van der Waals surface area contributed by atoms with E-state index in [1.54, 1.807) is 12.3 Å². The molecule has 0 amide bonds. The van der Waals surface area contributed by atoms with E-state index in [4.69, 9.17) is 10.5 Å². The van der Waals surface area contributed by atoms with Crippen LogP contribution in [0.15, 0.2) is 18.5 Å². The molecule has 82 valence electrons. The number of nitrogens with zero attached hydrogens (tertiary/aromatic N) is 1. The summed E-state index contributed by atoms with van der Waals surface area (Å²) in [5.41, 5.74) is 6.59. The van der Waals surface area contributed by atoms with Crippen molar-refractivity contribution >= 4 is 11.5 Å². The quantitative estimate of drug-likeness (QED) is 0.747. The minimum atomic E-state index is -0.415. The zero-order valence-electron chi connectivity index (χ0n) is 9.06. The normalized spacial score (nSPS) is 12.4. The molecule has 0 aliphatic heterocycles. The SMILES string of the molecule is CCOC(CC)C(=O)c1cnccc1N. The van der Waals surface area contributed by atoms with Crippen LogP contribution >= 0.6 is 0 Å². The summed E-state index contributed by atoms with van der Waals surface area (Å²) in [5.74, 6) is -0.0926. The van der Waals surface area contributed by atoms with Crippen molar-refractivity contribution < 1.29 is 9.53 Å². The number of rotatable bonds is 5. The van der Waals surface area contributed by atoms with Crippen molar-refractivity contribution in [3.63, 3.8) is 0 Å². The van der Waals surface area contributed by atoms with Crippen LogP contribution in [0.4, 0.5) is 5.69 Å². The Labute approximate surface area is 89.5 Å². The van der Waals surface area contributed by atoms with Crippen molar-refractivity contribution in [2.75, 3.05) is 12.3 Å². The van der Waals surface area contributed by atoms with E-state index >= 15 is 0 Å². The Morgan fingerprint density at radius 3 is 2.87 bits per heavy atom. The van der Waals surface area contributed by atoms with Gasteiger partial charge in [-0.15, -0.1) is 0 Å². The molecule has 2 N–H and O–H groups in total. The number of pyridine rings is 1. The molecule has 0 radical (unpaired) electrons. The highest BCUT2D eigenvalue weighted by Gasteiger charge is 2.20. The molecule has 0 aliphatic rings. The van der Waals surface area contributed by atoms with Crippen LogP contribution in [-0.2, 0) is 4.74 Å². The number of aromatic nitrogens is 1. The fourth-order valence-corrected chi connectivity index (χ4v) is 1.36. The lowest BCUT2D eigenvalue weighted by Gasteiger charge is -2.14. The standard InChI is InChI=1S/C11H16N2O2/c1-3-10(15-4-2)11(14)8-7-13-6-5-9(8)12/h5-7,10H,3-4H2,1-2H3,(H2,12,13). The topological polar surface area (TPSA) is 65.2 Å². The van der Waals surface area contributed by atoms with Crippen LogP contribution in [0.1, 0.15) is 30.6 Å². The highest BCUT2D eigenvalue weighted by molar-refractivity contribution is 6.03. The van der Waals surface area contributed by atoms with Gasteiger partial charge in [0.2, 0.25) is 0 Å². The third-order valence-electron chi connectivity index (χ3n) is 2.15. The monoisotopic (exact) mass is 208 g/mol. The molecule has 1 unspecified atom stereocenters. The minimum absolute atomic E-state index is 0.0926. The Balaban J connectivity index is 2.88. The maximum absolute atomic E-state index is 11.9. The number of ketones is 1. The number of ether oxygens (including phenoxy) is 1. The molecule has 1 aromatic rings. The molecule has 0 aromatic carbocycles. The molecular formula is C11H16N2O2. The molecule has 0 saturated heterocycles. The average Bonchev–Trinajstić information content (AvgIpc) is 2.25. The van der Waals surface area contributed by atoms with Crippen LogP contribution in [0.3, 0.4) is 0 Å². The maximum Gasteiger partial charge on any atom is 0.195 e. The number of nitrogens with two attached hydrogens (primary N) is 1. The van der Waals surface area contributed by atoms with Gasteiger partial charge in [-0.05, 0) is 19.4 Å². The van der Waals surface area contributed by atoms with E-state index in [0.717, 1.165) is 0 Å². The molecule has 0 fully saturated rings. The molecule has 4 nitrogen and oxygen atoms in total. The van der Waals surface area contributed by atoms with Crippen LogP contribution < -0.4 is 5.73 Å². The van der Waals surface area contributed by atoms with Gasteiger partial charge in [0.1, 0.15) is 6.10 Å². The molecule has 1 heterocycles. The second-order valence-corrected chi connectivity index (χ2v) is 3.18. The molecule has 0 spiro atoms. The van der Waals surface area contributed by atoms with Gasteiger partial charge in [-0.3, -0.25) is 9.78 Å². The average molecular weight is 208 g/mol. The smallest absolute Gasteiger partial charge is 0.195 e. The lowest BCUT2D eigenvalue weighted by Crippen LogP contribution is -2.24. The number of carbonyl (C=O) groups is 1. The van der Waals surface area contributed by atoms with Gasteiger partial charge in [0, 0.05) is 24.7 Å². The largest absolute Gasteiger partial charge is 0.398 e. The lowest BCUT2D eigenvalue weighted by molar-refractivity contribution is 0.0444. The van der Waals surface area contributed by atoms with Crippen LogP contribution in [-0.4, -0.2) is 23.5 Å². The number of nitrogen functional groups attached to an aromatic ring is 1. The first-order valence-electron chi connectivity index (χ1n) is 5.06. The van der Waals surface area contributed by atoms with Gasteiger partial charge in [-0.2, -0.15) is 0 Å². The number of Topliss-reactive ketones (excluding diaryl/α,β-unsaturated/α-hetero) is 1. The summed E-state index contributed by atoms with van der Waals surface area (Å²) in [6, 6.07) is 1.62. The second-order valence-electron chi connectivity index (χ2n) is 3.18. The van der Waals surface area contributed by atoms with Gasteiger partial charge in [-0.25, -0.2) is 0 Å². The van der Waals surface area contributed by atoms with E-state index < -0.39 is 6.10 Å². The van der Waals surface area contributed by atoms with Gasteiger partial charge in [0.25, 0.3) is 0 Å².